The molecule has 1 aliphatic heterocycles. The summed E-state index contributed by atoms with van der Waals surface area (Å²) in [5.74, 6) is 0.00779. The van der Waals surface area contributed by atoms with Crippen molar-refractivity contribution >= 4 is 5.91 Å². The number of carbonyl (C=O) groups is 1. The summed E-state index contributed by atoms with van der Waals surface area (Å²) in [4.78, 5) is 16.9. The molecule has 1 aliphatic rings. The van der Waals surface area contributed by atoms with Crippen molar-refractivity contribution in [3.8, 4) is 0 Å². The fraction of sp³-hybridized carbons (Fsp3) is 0.368. The highest BCUT2D eigenvalue weighted by molar-refractivity contribution is 5.94. The molecule has 1 aromatic heterocycles. The van der Waals surface area contributed by atoms with E-state index in [4.69, 9.17) is 0 Å². The van der Waals surface area contributed by atoms with Gasteiger partial charge in [0.25, 0.3) is 5.91 Å². The number of nitrogens with zero attached hydrogens (tertiary/aromatic N) is 3. The molecule has 5 heteroatoms. The number of aromatic nitrogens is 1. The Labute approximate surface area is 142 Å². The zero-order valence-electron chi connectivity index (χ0n) is 14.0. The Balaban J connectivity index is 1.63. The van der Waals surface area contributed by atoms with E-state index in [0.717, 1.165) is 32.5 Å². The minimum atomic E-state index is 0.00779. The van der Waals surface area contributed by atoms with Gasteiger partial charge in [0, 0.05) is 37.8 Å². The van der Waals surface area contributed by atoms with Gasteiger partial charge in [-0.3, -0.25) is 9.69 Å². The number of hydrogen-bond acceptors (Lipinski definition) is 3. The molecular weight excluding hydrogens is 302 g/mol. The van der Waals surface area contributed by atoms with Crippen molar-refractivity contribution in [1.82, 2.24) is 9.80 Å². The van der Waals surface area contributed by atoms with Crippen LogP contribution in [-0.4, -0.2) is 41.9 Å². The van der Waals surface area contributed by atoms with E-state index in [-0.39, 0.29) is 5.91 Å². The monoisotopic (exact) mass is 325 g/mol. The van der Waals surface area contributed by atoms with Gasteiger partial charge in [-0.05, 0) is 25.5 Å². The van der Waals surface area contributed by atoms with E-state index in [9.17, 15) is 10.0 Å². The standard InChI is InChI=1S/C19H23N3O2/c1-20(14-16-6-3-2-4-7-16)18-8-5-11-21(15-18)19(23)17-9-12-22(24)13-10-17/h2-4,6-7,9-10,12-13,18H,5,8,11,14-15H2,1H3/t18-/m0/s1. The first kappa shape index (κ1) is 16.5. The minimum absolute atomic E-state index is 0.00779. The first-order valence-electron chi connectivity index (χ1n) is 8.36. The van der Waals surface area contributed by atoms with Crippen LogP contribution in [0.15, 0.2) is 54.9 Å². The lowest BCUT2D eigenvalue weighted by Crippen LogP contribution is -2.48. The van der Waals surface area contributed by atoms with Crippen molar-refractivity contribution in [3.63, 3.8) is 0 Å². The summed E-state index contributed by atoms with van der Waals surface area (Å²) in [6.07, 6.45) is 4.85. The third-order valence-electron chi connectivity index (χ3n) is 4.63. The van der Waals surface area contributed by atoms with Crippen molar-refractivity contribution in [1.29, 1.82) is 0 Å². The van der Waals surface area contributed by atoms with Gasteiger partial charge in [-0.25, -0.2) is 0 Å². The van der Waals surface area contributed by atoms with Crippen LogP contribution in [0.25, 0.3) is 0 Å². The van der Waals surface area contributed by atoms with Gasteiger partial charge in [-0.1, -0.05) is 30.3 Å². The van der Waals surface area contributed by atoms with Crippen molar-refractivity contribution in [3.05, 3.63) is 71.2 Å². The average molecular weight is 325 g/mol. The fourth-order valence-corrected chi connectivity index (χ4v) is 3.24. The highest BCUT2D eigenvalue weighted by atomic mass is 16.5. The van der Waals surface area contributed by atoms with E-state index in [1.165, 1.54) is 18.0 Å². The molecule has 126 valence electrons. The zero-order chi connectivity index (χ0) is 16.9. The lowest BCUT2D eigenvalue weighted by Gasteiger charge is -2.37. The molecule has 2 aromatic rings. The molecule has 1 saturated heterocycles. The fourth-order valence-electron chi connectivity index (χ4n) is 3.24. The first-order chi connectivity index (χ1) is 11.6. The quantitative estimate of drug-likeness (QED) is 0.639. The highest BCUT2D eigenvalue weighted by Crippen LogP contribution is 2.18. The Hall–Kier alpha value is -2.40. The predicted octanol–water partition coefficient (Wildman–Crippen LogP) is 2.06. The van der Waals surface area contributed by atoms with Crippen LogP contribution in [-0.2, 0) is 6.54 Å². The van der Waals surface area contributed by atoms with Gasteiger partial charge in [-0.15, -0.1) is 0 Å². The maximum Gasteiger partial charge on any atom is 0.254 e. The van der Waals surface area contributed by atoms with Crippen LogP contribution in [0.5, 0.6) is 0 Å². The van der Waals surface area contributed by atoms with E-state index < -0.39 is 0 Å². The Morgan fingerprint density at radius 1 is 1.25 bits per heavy atom. The van der Waals surface area contributed by atoms with Gasteiger partial charge in [0.1, 0.15) is 0 Å². The Morgan fingerprint density at radius 2 is 1.96 bits per heavy atom. The number of likely N-dealkylation sites (tertiary alicyclic amines) is 1. The minimum Gasteiger partial charge on any atom is -0.619 e. The molecule has 24 heavy (non-hydrogen) atoms. The molecule has 3 rings (SSSR count). The normalized spacial score (nSPS) is 17.9. The van der Waals surface area contributed by atoms with Gasteiger partial charge < -0.3 is 10.1 Å². The maximum atomic E-state index is 12.6. The third kappa shape index (κ3) is 3.92. The van der Waals surface area contributed by atoms with Gasteiger partial charge in [0.2, 0.25) is 0 Å². The molecule has 0 spiro atoms. The SMILES string of the molecule is CN(Cc1ccccc1)[C@H]1CCCN(C(=O)c2cc[n+]([O-])cc2)C1. The maximum absolute atomic E-state index is 12.6. The van der Waals surface area contributed by atoms with Crippen molar-refractivity contribution in [2.45, 2.75) is 25.4 Å². The molecule has 0 aliphatic carbocycles. The number of hydrogen-bond donors (Lipinski definition) is 0. The molecule has 5 nitrogen and oxygen atoms in total. The van der Waals surface area contributed by atoms with E-state index in [1.54, 1.807) is 12.1 Å². The molecule has 0 bridgehead atoms. The van der Waals surface area contributed by atoms with Crippen LogP contribution >= 0.6 is 0 Å². The summed E-state index contributed by atoms with van der Waals surface area (Å²) >= 11 is 0. The van der Waals surface area contributed by atoms with Crippen LogP contribution in [0.3, 0.4) is 0 Å². The van der Waals surface area contributed by atoms with Gasteiger partial charge in [-0.2, -0.15) is 4.73 Å². The summed E-state index contributed by atoms with van der Waals surface area (Å²) in [5, 5.41) is 11.1. The summed E-state index contributed by atoms with van der Waals surface area (Å²) in [7, 11) is 2.12. The highest BCUT2D eigenvalue weighted by Gasteiger charge is 2.27. The van der Waals surface area contributed by atoms with Crippen molar-refractivity contribution in [2.75, 3.05) is 20.1 Å². The van der Waals surface area contributed by atoms with Crippen LogP contribution < -0.4 is 4.73 Å². The number of likely N-dealkylation sites (N-methyl/N-ethyl adjacent to an activating group) is 1. The molecule has 0 unspecified atom stereocenters. The average Bonchev–Trinajstić information content (AvgIpc) is 2.63. The second kappa shape index (κ2) is 7.45. The molecule has 1 amide bonds. The smallest absolute Gasteiger partial charge is 0.254 e. The van der Waals surface area contributed by atoms with Crippen molar-refractivity contribution in [2.24, 2.45) is 0 Å². The second-order valence-corrected chi connectivity index (χ2v) is 6.39. The van der Waals surface area contributed by atoms with Crippen molar-refractivity contribution < 1.29 is 9.52 Å². The van der Waals surface area contributed by atoms with E-state index in [0.29, 0.717) is 16.3 Å². The molecular formula is C19H23N3O2. The summed E-state index contributed by atoms with van der Waals surface area (Å²) in [6.45, 7) is 2.39. The Bertz CT molecular complexity index is 673. The molecule has 2 heterocycles. The number of pyridine rings is 1. The zero-order valence-corrected chi connectivity index (χ0v) is 14.0. The van der Waals surface area contributed by atoms with E-state index in [1.807, 2.05) is 11.0 Å². The largest absolute Gasteiger partial charge is 0.619 e. The lowest BCUT2D eigenvalue weighted by molar-refractivity contribution is -0.605. The van der Waals surface area contributed by atoms with Gasteiger partial charge in [0.05, 0.1) is 5.56 Å². The summed E-state index contributed by atoms with van der Waals surface area (Å²) in [6, 6.07) is 13.9. The van der Waals surface area contributed by atoms with Gasteiger partial charge >= 0.3 is 0 Å². The van der Waals surface area contributed by atoms with Crippen LogP contribution in [0.4, 0.5) is 0 Å². The third-order valence-corrected chi connectivity index (χ3v) is 4.63. The number of benzene rings is 1. The lowest BCUT2D eigenvalue weighted by atomic mass is 10.0. The molecule has 0 radical (unpaired) electrons. The van der Waals surface area contributed by atoms with E-state index >= 15 is 0 Å². The number of rotatable bonds is 4. The number of amides is 1. The van der Waals surface area contributed by atoms with E-state index in [2.05, 4.69) is 36.2 Å². The predicted molar refractivity (Wildman–Crippen MR) is 92.2 cm³/mol. The second-order valence-electron chi connectivity index (χ2n) is 6.39. The molecule has 1 atom stereocenters. The van der Waals surface area contributed by atoms with Crippen LogP contribution in [0.1, 0.15) is 28.8 Å². The molecule has 0 saturated carbocycles. The summed E-state index contributed by atoms with van der Waals surface area (Å²) < 4.78 is 0.698. The number of carbonyl (C=O) groups excluding carboxylic acids is 1. The number of piperidine rings is 1. The molecule has 1 aromatic carbocycles. The summed E-state index contributed by atoms with van der Waals surface area (Å²) in [5.41, 5.74) is 1.86. The first-order valence-corrected chi connectivity index (χ1v) is 8.36. The van der Waals surface area contributed by atoms with Crippen LogP contribution in [0, 0.1) is 5.21 Å². The Morgan fingerprint density at radius 3 is 2.67 bits per heavy atom. The Kier molecular flexibility index (Phi) is 5.11. The topological polar surface area (TPSA) is 50.5 Å². The molecule has 1 fully saturated rings. The van der Waals surface area contributed by atoms with Crippen LogP contribution in [0.2, 0.25) is 0 Å². The van der Waals surface area contributed by atoms with Gasteiger partial charge in [0.15, 0.2) is 12.4 Å². The molecule has 0 N–H and O–H groups in total.